The van der Waals surface area contributed by atoms with Gasteiger partial charge in [0.2, 0.25) is 0 Å². The molecule has 142 valence electrons. The van der Waals surface area contributed by atoms with Gasteiger partial charge in [0.15, 0.2) is 0 Å². The largest absolute Gasteiger partial charge is 0.489 e. The zero-order chi connectivity index (χ0) is 19.5. The van der Waals surface area contributed by atoms with Gasteiger partial charge >= 0.3 is 5.97 Å². The fourth-order valence-corrected chi connectivity index (χ4v) is 3.29. The van der Waals surface area contributed by atoms with E-state index in [1.165, 1.54) is 6.07 Å². The van der Waals surface area contributed by atoms with Crippen LogP contribution < -0.4 is 10.1 Å². The normalized spacial score (nSPS) is 14.9. The number of carbonyl (C=O) groups is 1. The van der Waals surface area contributed by atoms with Crippen LogP contribution in [0.5, 0.6) is 5.75 Å². The molecule has 0 fully saturated rings. The van der Waals surface area contributed by atoms with Gasteiger partial charge in [0.1, 0.15) is 24.3 Å². The van der Waals surface area contributed by atoms with Crippen LogP contribution in [0.2, 0.25) is 5.02 Å². The lowest BCUT2D eigenvalue weighted by atomic mass is 10.1. The first-order valence-electron chi connectivity index (χ1n) is 8.81. The van der Waals surface area contributed by atoms with Gasteiger partial charge in [0.05, 0.1) is 17.1 Å². The van der Waals surface area contributed by atoms with E-state index in [0.29, 0.717) is 28.4 Å². The SMILES string of the molecule is O=C(OC1CNc2cc(OCc3c(F)cccc3Cl)ccc21)c1ccccc1. The van der Waals surface area contributed by atoms with Gasteiger partial charge in [0, 0.05) is 22.9 Å². The molecule has 1 N–H and O–H groups in total. The molecule has 3 aromatic carbocycles. The minimum Gasteiger partial charge on any atom is -0.489 e. The average Bonchev–Trinajstić information content (AvgIpc) is 3.10. The zero-order valence-corrected chi connectivity index (χ0v) is 15.6. The smallest absolute Gasteiger partial charge is 0.338 e. The second kappa shape index (κ2) is 7.90. The Balaban J connectivity index is 1.44. The first-order chi connectivity index (χ1) is 13.6. The van der Waals surface area contributed by atoms with Crippen molar-refractivity contribution in [3.8, 4) is 5.75 Å². The molecule has 28 heavy (non-hydrogen) atoms. The van der Waals surface area contributed by atoms with E-state index in [1.807, 2.05) is 12.1 Å². The van der Waals surface area contributed by atoms with Crippen LogP contribution in [-0.2, 0) is 11.3 Å². The molecular formula is C22H17ClFNO3. The number of rotatable bonds is 5. The van der Waals surface area contributed by atoms with Crippen LogP contribution in [0.3, 0.4) is 0 Å². The van der Waals surface area contributed by atoms with Gasteiger partial charge < -0.3 is 14.8 Å². The lowest BCUT2D eigenvalue weighted by Gasteiger charge is -2.13. The number of ether oxygens (including phenoxy) is 2. The molecule has 1 unspecified atom stereocenters. The van der Waals surface area contributed by atoms with E-state index in [4.69, 9.17) is 21.1 Å². The highest BCUT2D eigenvalue weighted by atomic mass is 35.5. The number of nitrogens with one attached hydrogen (secondary N) is 1. The summed E-state index contributed by atoms with van der Waals surface area (Å²) in [5.41, 5.74) is 2.52. The van der Waals surface area contributed by atoms with Gasteiger partial charge in [-0.15, -0.1) is 0 Å². The van der Waals surface area contributed by atoms with Crippen molar-refractivity contribution >= 4 is 23.3 Å². The van der Waals surface area contributed by atoms with Crippen LogP contribution in [0.15, 0.2) is 66.7 Å². The summed E-state index contributed by atoms with van der Waals surface area (Å²) >= 11 is 6.03. The molecule has 0 spiro atoms. The van der Waals surface area contributed by atoms with Crippen molar-refractivity contribution < 1.29 is 18.7 Å². The van der Waals surface area contributed by atoms with Crippen LogP contribution in [0.4, 0.5) is 10.1 Å². The highest BCUT2D eigenvalue weighted by Gasteiger charge is 2.26. The molecule has 4 rings (SSSR count). The monoisotopic (exact) mass is 397 g/mol. The van der Waals surface area contributed by atoms with E-state index < -0.39 is 5.82 Å². The summed E-state index contributed by atoms with van der Waals surface area (Å²) in [5.74, 6) is -0.199. The lowest BCUT2D eigenvalue weighted by molar-refractivity contribution is 0.0339. The predicted octanol–water partition coefficient (Wildman–Crippen LogP) is 5.38. The van der Waals surface area contributed by atoms with Gasteiger partial charge in [0.25, 0.3) is 0 Å². The number of anilines is 1. The summed E-state index contributed by atoms with van der Waals surface area (Å²) in [6.45, 7) is 0.507. The minimum absolute atomic E-state index is 0.0245. The van der Waals surface area contributed by atoms with Crippen molar-refractivity contribution in [1.29, 1.82) is 0 Å². The Kier molecular flexibility index (Phi) is 5.17. The number of esters is 1. The summed E-state index contributed by atoms with van der Waals surface area (Å²) in [7, 11) is 0. The molecular weight excluding hydrogens is 381 g/mol. The van der Waals surface area contributed by atoms with E-state index in [1.54, 1.807) is 48.5 Å². The number of benzene rings is 3. The van der Waals surface area contributed by atoms with Crippen molar-refractivity contribution in [2.24, 2.45) is 0 Å². The number of hydrogen-bond acceptors (Lipinski definition) is 4. The molecule has 0 radical (unpaired) electrons. The van der Waals surface area contributed by atoms with Crippen LogP contribution >= 0.6 is 11.6 Å². The molecule has 1 aliphatic rings. The summed E-state index contributed by atoms with van der Waals surface area (Å²) in [5, 5.41) is 3.54. The molecule has 1 heterocycles. The van der Waals surface area contributed by atoms with Gasteiger partial charge in [-0.3, -0.25) is 0 Å². The highest BCUT2D eigenvalue weighted by molar-refractivity contribution is 6.31. The van der Waals surface area contributed by atoms with E-state index in [2.05, 4.69) is 5.32 Å². The highest BCUT2D eigenvalue weighted by Crippen LogP contribution is 2.36. The van der Waals surface area contributed by atoms with Crippen LogP contribution in [0.1, 0.15) is 27.6 Å². The third-order valence-electron chi connectivity index (χ3n) is 4.55. The Hall–Kier alpha value is -3.05. The molecule has 1 aliphatic heterocycles. The second-order valence-corrected chi connectivity index (χ2v) is 6.79. The van der Waals surface area contributed by atoms with E-state index >= 15 is 0 Å². The number of hydrogen-bond donors (Lipinski definition) is 1. The molecule has 3 aromatic rings. The van der Waals surface area contributed by atoms with Crippen molar-refractivity contribution in [3.05, 3.63) is 94.3 Å². The zero-order valence-electron chi connectivity index (χ0n) is 14.8. The molecule has 0 aliphatic carbocycles. The maximum atomic E-state index is 13.9. The van der Waals surface area contributed by atoms with Gasteiger partial charge in [-0.1, -0.05) is 35.9 Å². The fraction of sp³-hybridized carbons (Fsp3) is 0.136. The Morgan fingerprint density at radius 1 is 1.11 bits per heavy atom. The fourth-order valence-electron chi connectivity index (χ4n) is 3.07. The molecule has 0 saturated carbocycles. The standard InChI is InChI=1S/C22H17ClFNO3/c23-18-7-4-8-19(24)17(18)13-27-15-9-10-16-20(11-15)25-12-21(16)28-22(26)14-5-2-1-3-6-14/h1-11,21,25H,12-13H2. The molecule has 1 atom stereocenters. The third-order valence-corrected chi connectivity index (χ3v) is 4.91. The topological polar surface area (TPSA) is 47.6 Å². The Bertz CT molecular complexity index is 990. The van der Waals surface area contributed by atoms with Crippen molar-refractivity contribution in [3.63, 3.8) is 0 Å². The molecule has 0 amide bonds. The summed E-state index contributed by atoms with van der Waals surface area (Å²) in [6.07, 6.45) is -0.377. The van der Waals surface area contributed by atoms with Gasteiger partial charge in [-0.05, 0) is 36.4 Å². The van der Waals surface area contributed by atoms with Gasteiger partial charge in [-0.2, -0.15) is 0 Å². The number of halogens is 2. The van der Waals surface area contributed by atoms with Gasteiger partial charge in [-0.25, -0.2) is 9.18 Å². The van der Waals surface area contributed by atoms with Crippen LogP contribution in [-0.4, -0.2) is 12.5 Å². The average molecular weight is 398 g/mol. The van der Waals surface area contributed by atoms with E-state index in [9.17, 15) is 9.18 Å². The van der Waals surface area contributed by atoms with E-state index in [-0.39, 0.29) is 18.7 Å². The molecule has 0 bridgehead atoms. The first-order valence-corrected chi connectivity index (χ1v) is 9.19. The Morgan fingerprint density at radius 2 is 1.93 bits per heavy atom. The quantitative estimate of drug-likeness (QED) is 0.587. The summed E-state index contributed by atoms with van der Waals surface area (Å²) < 4.78 is 25.2. The Morgan fingerprint density at radius 3 is 2.71 bits per heavy atom. The molecule has 0 saturated heterocycles. The minimum atomic E-state index is -0.403. The predicted molar refractivity (Wildman–Crippen MR) is 105 cm³/mol. The number of carbonyl (C=O) groups excluding carboxylic acids is 1. The maximum Gasteiger partial charge on any atom is 0.338 e. The van der Waals surface area contributed by atoms with E-state index in [0.717, 1.165) is 11.3 Å². The number of fused-ring (bicyclic) bond motifs is 1. The second-order valence-electron chi connectivity index (χ2n) is 6.38. The molecule has 4 nitrogen and oxygen atoms in total. The van der Waals surface area contributed by atoms with Crippen molar-refractivity contribution in [1.82, 2.24) is 0 Å². The van der Waals surface area contributed by atoms with Crippen LogP contribution in [0.25, 0.3) is 0 Å². The summed E-state index contributed by atoms with van der Waals surface area (Å²) in [4.78, 5) is 12.3. The molecule has 0 aromatic heterocycles. The van der Waals surface area contributed by atoms with Crippen molar-refractivity contribution in [2.75, 3.05) is 11.9 Å². The first kappa shape index (κ1) is 18.3. The maximum absolute atomic E-state index is 13.9. The van der Waals surface area contributed by atoms with Crippen molar-refractivity contribution in [2.45, 2.75) is 12.7 Å². The van der Waals surface area contributed by atoms with Crippen LogP contribution in [0, 0.1) is 5.82 Å². The molecule has 6 heteroatoms. The Labute approximate surface area is 166 Å². The lowest BCUT2D eigenvalue weighted by Crippen LogP contribution is -2.13. The summed E-state index contributed by atoms with van der Waals surface area (Å²) in [6, 6.07) is 18.8. The third kappa shape index (κ3) is 3.80.